The van der Waals surface area contributed by atoms with Crippen molar-refractivity contribution >= 4 is 5.91 Å². The lowest BCUT2D eigenvalue weighted by Gasteiger charge is -2.35. The van der Waals surface area contributed by atoms with Crippen LogP contribution in [0.5, 0.6) is 0 Å². The highest BCUT2D eigenvalue weighted by Crippen LogP contribution is 2.26. The number of likely N-dealkylation sites (tertiary alicyclic amines) is 1. The number of hydrogen-bond acceptors (Lipinski definition) is 5. The number of rotatable bonds is 3. The zero-order valence-corrected chi connectivity index (χ0v) is 12.6. The molecule has 7 nitrogen and oxygen atoms in total. The molecule has 2 aromatic heterocycles. The smallest absolute Gasteiger partial charge is 0.334 e. The lowest BCUT2D eigenvalue weighted by Crippen LogP contribution is -2.46. The Morgan fingerprint density at radius 3 is 2.62 bits per heavy atom. The summed E-state index contributed by atoms with van der Waals surface area (Å²) in [5.74, 6) is -1.62. The quantitative estimate of drug-likeness (QED) is 0.851. The molecule has 0 aromatic carbocycles. The molecule has 0 saturated carbocycles. The van der Waals surface area contributed by atoms with Crippen LogP contribution in [-0.4, -0.2) is 48.4 Å². The molecule has 0 N–H and O–H groups in total. The molecule has 3 rings (SSSR count). The molecule has 2 aromatic rings. The van der Waals surface area contributed by atoms with E-state index in [4.69, 9.17) is 0 Å². The van der Waals surface area contributed by atoms with Crippen molar-refractivity contribution in [1.29, 1.82) is 0 Å². The standard InChI is InChI=1S/C14H15F3N6O/c15-14(16,17)13-18-7-10(8-19-13)12(24)23-5-2-1-3-11(23)9-22-6-4-20-21-22/h4,6-8,11H,1-3,5,9H2/t11-/m1/s1. The first-order valence-electron chi connectivity index (χ1n) is 7.49. The molecule has 0 spiro atoms. The fourth-order valence-corrected chi connectivity index (χ4v) is 2.75. The Balaban J connectivity index is 1.76. The average Bonchev–Trinajstić information content (AvgIpc) is 3.07. The van der Waals surface area contributed by atoms with Gasteiger partial charge in [0, 0.05) is 25.1 Å². The van der Waals surface area contributed by atoms with Crippen molar-refractivity contribution < 1.29 is 18.0 Å². The van der Waals surface area contributed by atoms with E-state index in [1.165, 1.54) is 0 Å². The van der Waals surface area contributed by atoms with Crippen LogP contribution in [0.2, 0.25) is 0 Å². The number of alkyl halides is 3. The van der Waals surface area contributed by atoms with Crippen LogP contribution in [0, 0.1) is 0 Å². The second kappa shape index (κ2) is 6.54. The zero-order valence-electron chi connectivity index (χ0n) is 12.6. The molecular formula is C14H15F3N6O. The zero-order chi connectivity index (χ0) is 17.2. The molecule has 1 aliphatic rings. The van der Waals surface area contributed by atoms with E-state index >= 15 is 0 Å². The SMILES string of the molecule is O=C(c1cnc(C(F)(F)F)nc1)N1CCCC[C@@H]1Cn1ccnn1. The molecule has 128 valence electrons. The Morgan fingerprint density at radius 1 is 1.25 bits per heavy atom. The third-order valence-electron chi connectivity index (χ3n) is 3.91. The van der Waals surface area contributed by atoms with Crippen LogP contribution < -0.4 is 0 Å². The molecule has 1 atom stereocenters. The summed E-state index contributed by atoms with van der Waals surface area (Å²) in [7, 11) is 0. The normalized spacial score (nSPS) is 18.6. The van der Waals surface area contributed by atoms with Gasteiger partial charge in [0.2, 0.25) is 5.82 Å². The number of hydrogen-bond donors (Lipinski definition) is 0. The number of carbonyl (C=O) groups excluding carboxylic acids is 1. The molecule has 24 heavy (non-hydrogen) atoms. The summed E-state index contributed by atoms with van der Waals surface area (Å²) in [6, 6.07) is -0.0877. The molecule has 1 amide bonds. The van der Waals surface area contributed by atoms with Crippen LogP contribution in [0.1, 0.15) is 35.4 Å². The van der Waals surface area contributed by atoms with Crippen molar-refractivity contribution in [2.24, 2.45) is 0 Å². The fraction of sp³-hybridized carbons (Fsp3) is 0.500. The van der Waals surface area contributed by atoms with Gasteiger partial charge in [0.15, 0.2) is 0 Å². The third-order valence-corrected chi connectivity index (χ3v) is 3.91. The number of carbonyl (C=O) groups is 1. The predicted octanol–water partition coefficient (Wildman–Crippen LogP) is 1.78. The van der Waals surface area contributed by atoms with Gasteiger partial charge < -0.3 is 4.90 Å². The maximum atomic E-state index is 12.6. The predicted molar refractivity (Wildman–Crippen MR) is 75.7 cm³/mol. The Morgan fingerprint density at radius 2 is 2.00 bits per heavy atom. The highest BCUT2D eigenvalue weighted by molar-refractivity contribution is 5.93. The second-order valence-electron chi connectivity index (χ2n) is 5.57. The molecule has 0 unspecified atom stereocenters. The Kier molecular flexibility index (Phi) is 4.45. The van der Waals surface area contributed by atoms with Gasteiger partial charge in [-0.25, -0.2) is 9.97 Å². The Hall–Kier alpha value is -2.52. The van der Waals surface area contributed by atoms with E-state index in [1.807, 2.05) is 0 Å². The van der Waals surface area contributed by atoms with Gasteiger partial charge in [0.25, 0.3) is 5.91 Å². The summed E-state index contributed by atoms with van der Waals surface area (Å²) in [6.45, 7) is 1.03. The topological polar surface area (TPSA) is 76.8 Å². The van der Waals surface area contributed by atoms with E-state index < -0.39 is 12.0 Å². The summed E-state index contributed by atoms with van der Waals surface area (Å²) < 4.78 is 39.2. The van der Waals surface area contributed by atoms with E-state index in [1.54, 1.807) is 22.0 Å². The van der Waals surface area contributed by atoms with Crippen LogP contribution in [-0.2, 0) is 12.7 Å². The molecule has 1 saturated heterocycles. The minimum atomic E-state index is -4.62. The van der Waals surface area contributed by atoms with Crippen LogP contribution in [0.25, 0.3) is 0 Å². The monoisotopic (exact) mass is 340 g/mol. The number of halogens is 3. The number of nitrogens with zero attached hydrogens (tertiary/aromatic N) is 6. The Bertz CT molecular complexity index is 686. The maximum absolute atomic E-state index is 12.6. The molecule has 0 radical (unpaired) electrons. The third kappa shape index (κ3) is 3.52. The first kappa shape index (κ1) is 16.3. The number of piperidine rings is 1. The highest BCUT2D eigenvalue weighted by atomic mass is 19.4. The first-order chi connectivity index (χ1) is 11.4. The lowest BCUT2D eigenvalue weighted by molar-refractivity contribution is -0.145. The van der Waals surface area contributed by atoms with Crippen molar-refractivity contribution in [2.45, 2.75) is 38.0 Å². The van der Waals surface area contributed by atoms with Crippen molar-refractivity contribution in [3.63, 3.8) is 0 Å². The largest absolute Gasteiger partial charge is 0.451 e. The number of amides is 1. The van der Waals surface area contributed by atoms with E-state index in [9.17, 15) is 18.0 Å². The highest BCUT2D eigenvalue weighted by Gasteiger charge is 2.35. The van der Waals surface area contributed by atoms with Crippen molar-refractivity contribution in [2.75, 3.05) is 6.54 Å². The molecule has 10 heteroatoms. The fourth-order valence-electron chi connectivity index (χ4n) is 2.75. The molecule has 0 aliphatic carbocycles. The minimum Gasteiger partial charge on any atom is -0.334 e. The first-order valence-corrected chi connectivity index (χ1v) is 7.49. The van der Waals surface area contributed by atoms with Crippen LogP contribution in [0.15, 0.2) is 24.8 Å². The number of aromatic nitrogens is 5. The van der Waals surface area contributed by atoms with Crippen LogP contribution >= 0.6 is 0 Å². The van der Waals surface area contributed by atoms with Crippen molar-refractivity contribution in [3.8, 4) is 0 Å². The van der Waals surface area contributed by atoms with Gasteiger partial charge in [0.05, 0.1) is 24.3 Å². The van der Waals surface area contributed by atoms with Gasteiger partial charge in [-0.1, -0.05) is 5.21 Å². The van der Waals surface area contributed by atoms with E-state index in [0.717, 1.165) is 31.7 Å². The van der Waals surface area contributed by atoms with Gasteiger partial charge in [-0.05, 0) is 19.3 Å². The molecule has 1 fully saturated rings. The van der Waals surface area contributed by atoms with Crippen molar-refractivity contribution in [3.05, 3.63) is 36.2 Å². The molecule has 3 heterocycles. The Labute approximate surface area is 135 Å². The summed E-state index contributed by atoms with van der Waals surface area (Å²) >= 11 is 0. The van der Waals surface area contributed by atoms with Gasteiger partial charge in [-0.15, -0.1) is 5.10 Å². The lowest BCUT2D eigenvalue weighted by atomic mass is 10.0. The van der Waals surface area contributed by atoms with Gasteiger partial charge >= 0.3 is 6.18 Å². The van der Waals surface area contributed by atoms with E-state index in [-0.39, 0.29) is 17.5 Å². The minimum absolute atomic E-state index is 0.0495. The molecular weight excluding hydrogens is 325 g/mol. The van der Waals surface area contributed by atoms with Gasteiger partial charge in [0.1, 0.15) is 0 Å². The van der Waals surface area contributed by atoms with E-state index in [0.29, 0.717) is 13.1 Å². The summed E-state index contributed by atoms with van der Waals surface area (Å²) in [5, 5.41) is 7.63. The average molecular weight is 340 g/mol. The molecule has 1 aliphatic heterocycles. The van der Waals surface area contributed by atoms with Crippen LogP contribution in [0.3, 0.4) is 0 Å². The summed E-state index contributed by atoms with van der Waals surface area (Å²) in [4.78, 5) is 20.8. The van der Waals surface area contributed by atoms with Crippen molar-refractivity contribution in [1.82, 2.24) is 29.9 Å². The van der Waals surface area contributed by atoms with Crippen LogP contribution in [0.4, 0.5) is 13.2 Å². The van der Waals surface area contributed by atoms with E-state index in [2.05, 4.69) is 20.3 Å². The second-order valence-corrected chi connectivity index (χ2v) is 5.57. The summed E-state index contributed by atoms with van der Waals surface area (Å²) in [6.07, 6.45) is 3.12. The van der Waals surface area contributed by atoms with Gasteiger partial charge in [-0.3, -0.25) is 9.48 Å². The molecule has 0 bridgehead atoms. The summed E-state index contributed by atoms with van der Waals surface area (Å²) in [5.41, 5.74) is 0.0495. The maximum Gasteiger partial charge on any atom is 0.451 e. The van der Waals surface area contributed by atoms with Gasteiger partial charge in [-0.2, -0.15) is 13.2 Å².